The van der Waals surface area contributed by atoms with E-state index >= 15 is 0 Å². The number of hydrogen-bond donors (Lipinski definition) is 0. The topological polar surface area (TPSA) is 60.8 Å². The molecule has 0 unspecified atom stereocenters. The van der Waals surface area contributed by atoms with E-state index in [0.717, 1.165) is 18.5 Å². The lowest BCUT2D eigenvalue weighted by molar-refractivity contribution is 0.226. The minimum atomic E-state index is -0.506. The molecule has 4 bridgehead atoms. The van der Waals surface area contributed by atoms with Gasteiger partial charge in [0.25, 0.3) is 0 Å². The van der Waals surface area contributed by atoms with Crippen LogP contribution >= 0.6 is 23.2 Å². The van der Waals surface area contributed by atoms with E-state index in [2.05, 4.69) is 61.9 Å². The van der Waals surface area contributed by atoms with Gasteiger partial charge < -0.3 is 4.74 Å². The summed E-state index contributed by atoms with van der Waals surface area (Å²) in [5.41, 5.74) is 5.47. The first-order valence-electron chi connectivity index (χ1n) is 13.3. The van der Waals surface area contributed by atoms with Crippen molar-refractivity contribution in [2.24, 2.45) is 10.8 Å². The smallest absolute Gasteiger partial charge is 0.239 e. The Kier molecular flexibility index (Phi) is 5.70. The molecule has 4 atom stereocenters. The lowest BCUT2D eigenvalue weighted by Crippen LogP contribution is -2.32. The lowest BCUT2D eigenvalue weighted by Gasteiger charge is -2.33. The van der Waals surface area contributed by atoms with Gasteiger partial charge in [-0.2, -0.15) is 10.2 Å². The third kappa shape index (κ3) is 3.35. The second-order valence-corrected chi connectivity index (χ2v) is 13.7. The predicted molar refractivity (Wildman–Crippen MR) is 147 cm³/mol. The molecular formula is C30H33Cl2FN4O. The molecule has 200 valence electrons. The molecule has 8 heteroatoms. The fraction of sp³-hybridized carbons (Fsp3) is 0.533. The summed E-state index contributed by atoms with van der Waals surface area (Å²) >= 11 is 11.9. The maximum atomic E-state index is 13.9. The highest BCUT2D eigenvalue weighted by atomic mass is 35.5. The molecule has 7 rings (SSSR count). The number of aromatic nitrogens is 4. The van der Waals surface area contributed by atoms with Gasteiger partial charge in [-0.15, -0.1) is 10.2 Å². The summed E-state index contributed by atoms with van der Waals surface area (Å²) < 4.78 is 19.5. The average molecular weight is 556 g/mol. The van der Waals surface area contributed by atoms with Crippen LogP contribution in [-0.4, -0.2) is 20.4 Å². The number of ether oxygens (including phenoxy) is 1. The standard InChI is InChI=1S/C18H18ClFN2O.C12H15ClN2/c1-17(2)11-7-8-18(17,3)16-10(11)9-14(21-22-16)23-15-12(19)5-4-6-13(15)20;1-11(2)8-4-5-12(11,3)10-7(8)6-9(13)14-15-10/h4-6,9,11H,7-8H2,1-3H3;6,8H,4-5H2,1-3H3/t11-,18+;8-,12+/m00/s1. The van der Waals surface area contributed by atoms with Crippen LogP contribution in [0.1, 0.15) is 102 Å². The van der Waals surface area contributed by atoms with Crippen molar-refractivity contribution < 1.29 is 9.13 Å². The molecule has 2 aromatic heterocycles. The maximum Gasteiger partial charge on any atom is 0.239 e. The highest BCUT2D eigenvalue weighted by Crippen LogP contribution is 2.68. The van der Waals surface area contributed by atoms with E-state index < -0.39 is 5.82 Å². The molecule has 3 aromatic rings. The molecule has 4 aliphatic rings. The monoisotopic (exact) mass is 554 g/mol. The zero-order valence-corrected chi connectivity index (χ0v) is 24.2. The van der Waals surface area contributed by atoms with E-state index in [-0.39, 0.29) is 27.0 Å². The van der Waals surface area contributed by atoms with E-state index in [1.807, 2.05) is 12.1 Å². The second-order valence-electron chi connectivity index (χ2n) is 12.9. The van der Waals surface area contributed by atoms with E-state index in [4.69, 9.17) is 27.9 Å². The molecule has 0 aliphatic heterocycles. The number of halogens is 3. The Balaban J connectivity index is 0.000000152. The first-order valence-corrected chi connectivity index (χ1v) is 14.1. The first-order chi connectivity index (χ1) is 17.8. The molecule has 2 fully saturated rings. The first kappa shape index (κ1) is 25.9. The second kappa shape index (κ2) is 8.34. The Hall–Kier alpha value is -2.31. The van der Waals surface area contributed by atoms with Gasteiger partial charge >= 0.3 is 0 Å². The van der Waals surface area contributed by atoms with Gasteiger partial charge in [0.15, 0.2) is 16.7 Å². The third-order valence-electron chi connectivity index (χ3n) is 11.0. The van der Waals surface area contributed by atoms with Crippen LogP contribution in [-0.2, 0) is 10.8 Å². The normalized spacial score (nSPS) is 30.4. The maximum absolute atomic E-state index is 13.9. The molecular weight excluding hydrogens is 522 g/mol. The van der Waals surface area contributed by atoms with Crippen molar-refractivity contribution in [3.8, 4) is 11.6 Å². The lowest BCUT2D eigenvalue weighted by atomic mass is 9.70. The fourth-order valence-corrected chi connectivity index (χ4v) is 8.19. The molecule has 2 saturated carbocycles. The van der Waals surface area contributed by atoms with Crippen LogP contribution in [0.2, 0.25) is 10.2 Å². The summed E-state index contributed by atoms with van der Waals surface area (Å²) in [6, 6.07) is 8.37. The van der Waals surface area contributed by atoms with Crippen molar-refractivity contribution in [3.63, 3.8) is 0 Å². The minimum Gasteiger partial charge on any atom is -0.433 e. The van der Waals surface area contributed by atoms with E-state index in [0.29, 0.717) is 28.3 Å². The van der Waals surface area contributed by atoms with Gasteiger partial charge in [0.05, 0.1) is 16.4 Å². The Bertz CT molecular complexity index is 1440. The predicted octanol–water partition coefficient (Wildman–Crippen LogP) is 8.54. The fourth-order valence-electron chi connectivity index (χ4n) is 7.83. The van der Waals surface area contributed by atoms with Crippen LogP contribution in [0.15, 0.2) is 30.3 Å². The summed E-state index contributed by atoms with van der Waals surface area (Å²) in [5, 5.41) is 17.7. The Morgan fingerprint density at radius 3 is 1.92 bits per heavy atom. The molecule has 0 amide bonds. The molecule has 0 saturated heterocycles. The van der Waals surface area contributed by atoms with E-state index in [1.54, 1.807) is 12.1 Å². The third-order valence-corrected chi connectivity index (χ3v) is 11.5. The van der Waals surface area contributed by atoms with E-state index in [1.165, 1.54) is 35.7 Å². The number of rotatable bonds is 2. The van der Waals surface area contributed by atoms with Gasteiger partial charge in [-0.1, -0.05) is 70.8 Å². The SMILES string of the molecule is CC1(C)[C@H]2CC[C@]1(C)c1nnc(Cl)cc12.CC1(C)[C@H]2CC[C@]1(C)c1nnc(Oc3c(F)cccc3Cl)cc12. The Morgan fingerprint density at radius 1 is 0.789 bits per heavy atom. The van der Waals surface area contributed by atoms with Crippen LogP contribution in [0.4, 0.5) is 4.39 Å². The van der Waals surface area contributed by atoms with Crippen LogP contribution in [0.25, 0.3) is 0 Å². The summed E-state index contributed by atoms with van der Waals surface area (Å²) in [7, 11) is 0. The molecule has 0 N–H and O–H groups in total. The van der Waals surface area contributed by atoms with Crippen molar-refractivity contribution >= 4 is 23.2 Å². The van der Waals surface area contributed by atoms with Crippen molar-refractivity contribution in [3.05, 3.63) is 68.8 Å². The molecule has 5 nitrogen and oxygen atoms in total. The van der Waals surface area contributed by atoms with Crippen molar-refractivity contribution in [1.82, 2.24) is 20.4 Å². The zero-order valence-electron chi connectivity index (χ0n) is 22.7. The average Bonchev–Trinajstić information content (AvgIpc) is 3.37. The molecule has 38 heavy (non-hydrogen) atoms. The van der Waals surface area contributed by atoms with Crippen LogP contribution in [0.3, 0.4) is 0 Å². The van der Waals surface area contributed by atoms with E-state index in [9.17, 15) is 4.39 Å². The number of benzene rings is 1. The van der Waals surface area contributed by atoms with Gasteiger partial charge in [0.2, 0.25) is 5.88 Å². The zero-order chi connectivity index (χ0) is 27.3. The van der Waals surface area contributed by atoms with Crippen molar-refractivity contribution in [2.45, 2.75) is 89.9 Å². The molecule has 4 aliphatic carbocycles. The molecule has 0 spiro atoms. The summed E-state index contributed by atoms with van der Waals surface area (Å²) in [6.45, 7) is 13.9. The van der Waals surface area contributed by atoms with Gasteiger partial charge in [-0.3, -0.25) is 0 Å². The van der Waals surface area contributed by atoms with Crippen LogP contribution in [0.5, 0.6) is 11.6 Å². The van der Waals surface area contributed by atoms with Gasteiger partial charge in [-0.25, -0.2) is 4.39 Å². The Morgan fingerprint density at radius 2 is 1.34 bits per heavy atom. The number of nitrogens with zero attached hydrogens (tertiary/aromatic N) is 4. The largest absolute Gasteiger partial charge is 0.433 e. The molecule has 2 heterocycles. The summed E-state index contributed by atoms with van der Waals surface area (Å²) in [6.07, 6.45) is 4.76. The van der Waals surface area contributed by atoms with Gasteiger partial charge in [0.1, 0.15) is 0 Å². The molecule has 0 radical (unpaired) electrons. The number of fused-ring (bicyclic) bond motifs is 10. The van der Waals surface area contributed by atoms with Crippen LogP contribution in [0, 0.1) is 16.6 Å². The highest BCUT2D eigenvalue weighted by Gasteiger charge is 2.61. The summed E-state index contributed by atoms with van der Waals surface area (Å²) in [5.74, 6) is 0.843. The quantitative estimate of drug-likeness (QED) is 0.317. The highest BCUT2D eigenvalue weighted by molar-refractivity contribution is 6.32. The Labute approximate surface area is 233 Å². The summed E-state index contributed by atoms with van der Waals surface area (Å²) in [4.78, 5) is 0. The number of hydrogen-bond acceptors (Lipinski definition) is 5. The minimum absolute atomic E-state index is 0.00274. The van der Waals surface area contributed by atoms with Crippen LogP contribution < -0.4 is 4.74 Å². The van der Waals surface area contributed by atoms with Gasteiger partial charge in [0, 0.05) is 16.9 Å². The van der Waals surface area contributed by atoms with Crippen molar-refractivity contribution in [1.29, 1.82) is 0 Å². The van der Waals surface area contributed by atoms with Gasteiger partial charge in [-0.05, 0) is 77.7 Å². The number of para-hydroxylation sites is 1. The van der Waals surface area contributed by atoms with Crippen molar-refractivity contribution in [2.75, 3.05) is 0 Å². The molecule has 1 aromatic carbocycles.